The fraction of sp³-hybridized carbons (Fsp3) is 0.167. The number of nitrogens with one attached hydrogen (secondary N) is 1. The van der Waals surface area contributed by atoms with Gasteiger partial charge in [-0.15, -0.1) is 0 Å². The van der Waals surface area contributed by atoms with Gasteiger partial charge in [0.15, 0.2) is 11.5 Å². The summed E-state index contributed by atoms with van der Waals surface area (Å²) in [7, 11) is 0. The van der Waals surface area contributed by atoms with Crippen molar-refractivity contribution in [1.29, 1.82) is 5.26 Å². The number of rotatable bonds is 4. The van der Waals surface area contributed by atoms with Crippen LogP contribution >= 0.6 is 11.6 Å². The number of hydrogen-bond donors (Lipinski definition) is 1. The van der Waals surface area contributed by atoms with Crippen LogP contribution in [0.25, 0.3) is 11.1 Å². The first-order valence-corrected chi connectivity index (χ1v) is 10.00. The third-order valence-electron chi connectivity index (χ3n) is 4.82. The lowest BCUT2D eigenvalue weighted by Crippen LogP contribution is -2.23. The van der Waals surface area contributed by atoms with Crippen LogP contribution in [0.5, 0.6) is 11.5 Å². The molecule has 3 aromatic rings. The summed E-state index contributed by atoms with van der Waals surface area (Å²) in [6.07, 6.45) is 0.790. The number of carbonyl (C=O) groups excluding carboxylic acids is 1. The summed E-state index contributed by atoms with van der Waals surface area (Å²) in [5.41, 5.74) is 3.27. The zero-order valence-corrected chi connectivity index (χ0v) is 16.9. The highest BCUT2D eigenvalue weighted by molar-refractivity contribution is 6.32. The van der Waals surface area contributed by atoms with Crippen LogP contribution in [0.1, 0.15) is 27.9 Å². The molecule has 1 aliphatic heterocycles. The molecule has 0 saturated heterocycles. The molecule has 0 aliphatic carbocycles. The van der Waals surface area contributed by atoms with Gasteiger partial charge in [0.25, 0.3) is 5.91 Å². The molecule has 0 fully saturated rings. The number of ether oxygens (including phenoxy) is 2. The van der Waals surface area contributed by atoms with Gasteiger partial charge in [-0.2, -0.15) is 5.26 Å². The Morgan fingerprint density at radius 1 is 1.03 bits per heavy atom. The van der Waals surface area contributed by atoms with Crippen molar-refractivity contribution >= 4 is 17.5 Å². The standard InChI is InChI=1S/C24H19ClN2O3/c25-21-12-16(13-22-23(21)30-11-5-10-29-22)15-27-24(28)20-9-4-3-8-19(20)18-7-2-1-6-17(18)14-26/h1-4,6-9,12-13H,5,10-11,15H2,(H,27,28). The predicted molar refractivity (Wildman–Crippen MR) is 115 cm³/mol. The lowest BCUT2D eigenvalue weighted by atomic mass is 9.95. The fourth-order valence-corrected chi connectivity index (χ4v) is 3.68. The number of benzene rings is 3. The number of carbonyl (C=O) groups is 1. The number of fused-ring (bicyclic) bond motifs is 1. The minimum atomic E-state index is -0.235. The average Bonchev–Trinajstić information content (AvgIpc) is 3.03. The Bertz CT molecular complexity index is 1140. The molecular formula is C24H19ClN2O3. The van der Waals surface area contributed by atoms with Gasteiger partial charge in [-0.3, -0.25) is 4.79 Å². The van der Waals surface area contributed by atoms with E-state index >= 15 is 0 Å². The van der Waals surface area contributed by atoms with Crippen molar-refractivity contribution in [2.45, 2.75) is 13.0 Å². The Kier molecular flexibility index (Phi) is 5.87. The monoisotopic (exact) mass is 418 g/mol. The summed E-state index contributed by atoms with van der Waals surface area (Å²) >= 11 is 6.34. The van der Waals surface area contributed by atoms with Crippen LogP contribution in [0.3, 0.4) is 0 Å². The highest BCUT2D eigenvalue weighted by Gasteiger charge is 2.17. The molecule has 0 saturated carbocycles. The Labute approximate surface area is 179 Å². The summed E-state index contributed by atoms with van der Waals surface area (Å²) in [5.74, 6) is 0.900. The second-order valence-corrected chi connectivity index (χ2v) is 7.25. The highest BCUT2D eigenvalue weighted by Crippen LogP contribution is 2.38. The fourth-order valence-electron chi connectivity index (χ4n) is 3.40. The summed E-state index contributed by atoms with van der Waals surface area (Å²) in [5, 5.41) is 12.8. The second kappa shape index (κ2) is 8.89. The van der Waals surface area contributed by atoms with Crippen molar-refractivity contribution in [3.05, 3.63) is 82.4 Å². The molecule has 30 heavy (non-hydrogen) atoms. The highest BCUT2D eigenvalue weighted by atomic mass is 35.5. The molecular weight excluding hydrogens is 400 g/mol. The Hall–Kier alpha value is -3.49. The molecule has 150 valence electrons. The van der Waals surface area contributed by atoms with Gasteiger partial charge in [0, 0.05) is 24.1 Å². The topological polar surface area (TPSA) is 71.4 Å². The van der Waals surface area contributed by atoms with E-state index in [1.54, 1.807) is 30.3 Å². The van der Waals surface area contributed by atoms with E-state index in [9.17, 15) is 10.1 Å². The third kappa shape index (κ3) is 4.10. The smallest absolute Gasteiger partial charge is 0.252 e. The molecule has 0 aromatic heterocycles. The second-order valence-electron chi connectivity index (χ2n) is 6.84. The van der Waals surface area contributed by atoms with E-state index in [4.69, 9.17) is 21.1 Å². The van der Waals surface area contributed by atoms with Gasteiger partial charge in [0.2, 0.25) is 0 Å². The Morgan fingerprint density at radius 3 is 2.60 bits per heavy atom. The molecule has 3 aromatic carbocycles. The lowest BCUT2D eigenvalue weighted by molar-refractivity contribution is 0.0951. The summed E-state index contributed by atoms with van der Waals surface area (Å²) in [6.45, 7) is 1.40. The van der Waals surface area contributed by atoms with Crippen LogP contribution in [0.15, 0.2) is 60.7 Å². The van der Waals surface area contributed by atoms with Crippen LogP contribution in [0.2, 0.25) is 5.02 Å². The van der Waals surface area contributed by atoms with E-state index in [2.05, 4.69) is 11.4 Å². The van der Waals surface area contributed by atoms with Crippen molar-refractivity contribution in [3.8, 4) is 28.7 Å². The molecule has 4 rings (SSSR count). The molecule has 5 nitrogen and oxygen atoms in total. The normalized spacial score (nSPS) is 12.5. The molecule has 1 N–H and O–H groups in total. The summed E-state index contributed by atoms with van der Waals surface area (Å²) in [6, 6.07) is 20.3. The zero-order chi connectivity index (χ0) is 20.9. The lowest BCUT2D eigenvalue weighted by Gasteiger charge is -2.14. The van der Waals surface area contributed by atoms with Crippen LogP contribution in [-0.4, -0.2) is 19.1 Å². The quantitative estimate of drug-likeness (QED) is 0.649. The van der Waals surface area contributed by atoms with E-state index in [1.807, 2.05) is 30.3 Å². The number of halogens is 1. The predicted octanol–water partition coefficient (Wildman–Crippen LogP) is 4.97. The van der Waals surface area contributed by atoms with Gasteiger partial charge in [-0.1, -0.05) is 48.0 Å². The Balaban J connectivity index is 1.57. The molecule has 1 amide bonds. The number of hydrogen-bond acceptors (Lipinski definition) is 4. The Morgan fingerprint density at radius 2 is 1.77 bits per heavy atom. The first-order chi connectivity index (χ1) is 14.7. The van der Waals surface area contributed by atoms with Crippen LogP contribution in [0.4, 0.5) is 0 Å². The molecule has 0 bridgehead atoms. The van der Waals surface area contributed by atoms with Gasteiger partial charge in [0.1, 0.15) is 0 Å². The van der Waals surface area contributed by atoms with E-state index in [1.165, 1.54) is 0 Å². The maximum Gasteiger partial charge on any atom is 0.252 e. The van der Waals surface area contributed by atoms with Gasteiger partial charge >= 0.3 is 0 Å². The van der Waals surface area contributed by atoms with Crippen molar-refractivity contribution in [2.75, 3.05) is 13.2 Å². The average molecular weight is 419 g/mol. The maximum atomic E-state index is 13.0. The first-order valence-electron chi connectivity index (χ1n) is 9.62. The van der Waals surface area contributed by atoms with Crippen molar-refractivity contribution in [1.82, 2.24) is 5.32 Å². The van der Waals surface area contributed by atoms with E-state index < -0.39 is 0 Å². The SMILES string of the molecule is N#Cc1ccccc1-c1ccccc1C(=O)NCc1cc(Cl)c2c(c1)OCCCO2. The number of nitrogens with zero attached hydrogens (tertiary/aromatic N) is 1. The molecule has 0 spiro atoms. The van der Waals surface area contributed by atoms with Crippen molar-refractivity contribution < 1.29 is 14.3 Å². The van der Waals surface area contributed by atoms with Crippen LogP contribution in [0, 0.1) is 11.3 Å². The van der Waals surface area contributed by atoms with Crippen LogP contribution < -0.4 is 14.8 Å². The first kappa shape index (κ1) is 19.8. The van der Waals surface area contributed by atoms with E-state index in [0.29, 0.717) is 46.4 Å². The van der Waals surface area contributed by atoms with Crippen LogP contribution in [-0.2, 0) is 6.54 Å². The zero-order valence-electron chi connectivity index (χ0n) is 16.2. The van der Waals surface area contributed by atoms with Crippen molar-refractivity contribution in [2.24, 2.45) is 0 Å². The minimum absolute atomic E-state index is 0.235. The molecule has 0 radical (unpaired) electrons. The molecule has 6 heteroatoms. The van der Waals surface area contributed by atoms with Crippen molar-refractivity contribution in [3.63, 3.8) is 0 Å². The molecule has 0 atom stereocenters. The van der Waals surface area contributed by atoms with Gasteiger partial charge < -0.3 is 14.8 Å². The molecule has 0 unspecified atom stereocenters. The van der Waals surface area contributed by atoms with Gasteiger partial charge in [-0.05, 0) is 35.4 Å². The number of amides is 1. The summed E-state index contributed by atoms with van der Waals surface area (Å²) in [4.78, 5) is 13.0. The molecule has 1 heterocycles. The van der Waals surface area contributed by atoms with Gasteiger partial charge in [0.05, 0.1) is 29.9 Å². The summed E-state index contributed by atoms with van der Waals surface area (Å²) < 4.78 is 11.4. The third-order valence-corrected chi connectivity index (χ3v) is 5.11. The van der Waals surface area contributed by atoms with E-state index in [-0.39, 0.29) is 12.5 Å². The number of nitriles is 1. The van der Waals surface area contributed by atoms with Gasteiger partial charge in [-0.25, -0.2) is 0 Å². The van der Waals surface area contributed by atoms with E-state index in [0.717, 1.165) is 17.5 Å². The minimum Gasteiger partial charge on any atom is -0.489 e. The maximum absolute atomic E-state index is 13.0. The molecule has 1 aliphatic rings. The largest absolute Gasteiger partial charge is 0.489 e.